The number of nitrogens with one attached hydrogen (secondary N) is 3. The van der Waals surface area contributed by atoms with Crippen LogP contribution in [0.1, 0.15) is 44.9 Å². The minimum Gasteiger partial charge on any atom is -0.493 e. The number of hydrazone groups is 1. The van der Waals surface area contributed by atoms with Gasteiger partial charge >= 0.3 is 12.0 Å². The van der Waals surface area contributed by atoms with Crippen LogP contribution < -0.4 is 35.0 Å². The number of amides is 2. The molecule has 1 aliphatic rings. The van der Waals surface area contributed by atoms with Gasteiger partial charge in [0.1, 0.15) is 6.61 Å². The molecule has 222 valence electrons. The molecule has 1 heterocycles. The molecule has 4 N–H and O–H groups in total. The Labute approximate surface area is 243 Å². The molecule has 0 aromatic heterocycles. The molecular weight excluding hydrogens is 556 g/mol. The van der Waals surface area contributed by atoms with Gasteiger partial charge < -0.3 is 39.4 Å². The highest BCUT2D eigenvalue weighted by Gasteiger charge is 2.32. The average Bonchev–Trinajstić information content (AvgIpc) is 2.92. The SMILES string of the molecule is CCOc1cc([C@H]2NC(=O)NC(C)=C2C(=O)OC)ccc1OC[C@@H](O)N/N=C/c1cc(Cl)c(OC(C)C)c(OC)c1. The highest BCUT2D eigenvalue weighted by molar-refractivity contribution is 6.32. The molecule has 0 bridgehead atoms. The van der Waals surface area contributed by atoms with Gasteiger partial charge in [0.15, 0.2) is 29.2 Å². The molecule has 2 amide bonds. The van der Waals surface area contributed by atoms with Crippen molar-refractivity contribution >= 4 is 29.8 Å². The lowest BCUT2D eigenvalue weighted by molar-refractivity contribution is -0.136. The molecule has 1 aliphatic heterocycles. The lowest BCUT2D eigenvalue weighted by atomic mass is 9.95. The summed E-state index contributed by atoms with van der Waals surface area (Å²) < 4.78 is 27.5. The Balaban J connectivity index is 1.69. The largest absolute Gasteiger partial charge is 0.493 e. The number of hydrogen-bond acceptors (Lipinski definition) is 10. The molecule has 0 unspecified atom stereocenters. The van der Waals surface area contributed by atoms with E-state index in [1.54, 1.807) is 44.2 Å². The molecule has 2 aromatic carbocycles. The molecule has 41 heavy (non-hydrogen) atoms. The van der Waals surface area contributed by atoms with Crippen molar-refractivity contribution in [2.75, 3.05) is 27.4 Å². The van der Waals surface area contributed by atoms with Crippen LogP contribution in [0.4, 0.5) is 4.79 Å². The van der Waals surface area contributed by atoms with Gasteiger partial charge in [-0.05, 0) is 63.1 Å². The zero-order chi connectivity index (χ0) is 30.1. The van der Waals surface area contributed by atoms with Gasteiger partial charge in [-0.25, -0.2) is 9.59 Å². The number of halogens is 1. The number of urea groups is 1. The van der Waals surface area contributed by atoms with Crippen molar-refractivity contribution in [1.29, 1.82) is 0 Å². The minimum absolute atomic E-state index is 0.0824. The van der Waals surface area contributed by atoms with E-state index in [0.29, 0.717) is 51.5 Å². The summed E-state index contributed by atoms with van der Waals surface area (Å²) in [4.78, 5) is 24.5. The van der Waals surface area contributed by atoms with Gasteiger partial charge in [0.25, 0.3) is 0 Å². The summed E-state index contributed by atoms with van der Waals surface area (Å²) in [5, 5.41) is 20.1. The fourth-order valence-corrected chi connectivity index (χ4v) is 4.25. The number of allylic oxidation sites excluding steroid dienone is 1. The van der Waals surface area contributed by atoms with Crippen LogP contribution in [0, 0.1) is 0 Å². The average molecular weight is 591 g/mol. The smallest absolute Gasteiger partial charge is 0.337 e. The van der Waals surface area contributed by atoms with E-state index in [0.717, 1.165) is 0 Å². The third-order valence-corrected chi connectivity index (χ3v) is 6.00. The van der Waals surface area contributed by atoms with Crippen LogP contribution in [0.2, 0.25) is 5.02 Å². The van der Waals surface area contributed by atoms with Crippen LogP contribution >= 0.6 is 11.6 Å². The maximum Gasteiger partial charge on any atom is 0.337 e. The van der Waals surface area contributed by atoms with Crippen LogP contribution in [0.15, 0.2) is 46.7 Å². The maximum absolute atomic E-state index is 12.4. The van der Waals surface area contributed by atoms with Crippen molar-refractivity contribution < 1.29 is 38.4 Å². The molecule has 13 heteroatoms. The summed E-state index contributed by atoms with van der Waals surface area (Å²) in [6.07, 6.45) is 0.223. The Hall–Kier alpha value is -4.16. The second kappa shape index (κ2) is 14.5. The van der Waals surface area contributed by atoms with Gasteiger partial charge in [0.2, 0.25) is 0 Å². The van der Waals surface area contributed by atoms with Crippen LogP contribution in [-0.2, 0) is 9.53 Å². The van der Waals surface area contributed by atoms with Crippen LogP contribution in [-0.4, -0.2) is 63.1 Å². The fourth-order valence-electron chi connectivity index (χ4n) is 3.98. The lowest BCUT2D eigenvalue weighted by Gasteiger charge is -2.28. The number of esters is 1. The Morgan fingerprint density at radius 3 is 2.59 bits per heavy atom. The summed E-state index contributed by atoms with van der Waals surface area (Å²) in [6.45, 7) is 7.36. The number of carbonyl (C=O) groups excluding carboxylic acids is 2. The Kier molecular flexibility index (Phi) is 11.1. The summed E-state index contributed by atoms with van der Waals surface area (Å²) in [5.74, 6) is 1.03. The molecule has 2 aromatic rings. The van der Waals surface area contributed by atoms with E-state index < -0.39 is 24.3 Å². The van der Waals surface area contributed by atoms with Crippen molar-refractivity contribution in [2.24, 2.45) is 5.10 Å². The van der Waals surface area contributed by atoms with E-state index in [2.05, 4.69) is 21.2 Å². The summed E-state index contributed by atoms with van der Waals surface area (Å²) >= 11 is 6.35. The first-order chi connectivity index (χ1) is 19.6. The molecule has 0 fully saturated rings. The second-order valence-corrected chi connectivity index (χ2v) is 9.52. The van der Waals surface area contributed by atoms with Crippen LogP contribution in [0.5, 0.6) is 23.0 Å². The molecule has 0 spiro atoms. The highest BCUT2D eigenvalue weighted by atomic mass is 35.5. The van der Waals surface area contributed by atoms with Gasteiger partial charge in [-0.15, -0.1) is 0 Å². The number of methoxy groups -OCH3 is 2. The van der Waals surface area contributed by atoms with Gasteiger partial charge in [0.05, 0.1) is 49.8 Å². The Morgan fingerprint density at radius 1 is 1.17 bits per heavy atom. The summed E-state index contributed by atoms with van der Waals surface area (Å²) in [5.41, 5.74) is 4.44. The highest BCUT2D eigenvalue weighted by Crippen LogP contribution is 2.37. The predicted octanol–water partition coefficient (Wildman–Crippen LogP) is 3.66. The Morgan fingerprint density at radius 2 is 1.93 bits per heavy atom. The quantitative estimate of drug-likeness (QED) is 0.119. The van der Waals surface area contributed by atoms with Gasteiger partial charge in [-0.1, -0.05) is 17.7 Å². The van der Waals surface area contributed by atoms with E-state index in [9.17, 15) is 14.7 Å². The van der Waals surface area contributed by atoms with E-state index >= 15 is 0 Å². The van der Waals surface area contributed by atoms with Crippen molar-refractivity contribution in [3.8, 4) is 23.0 Å². The number of aliphatic hydroxyl groups excluding tert-OH is 1. The summed E-state index contributed by atoms with van der Waals surface area (Å²) in [6, 6.07) is 7.14. The molecule has 0 aliphatic carbocycles. The minimum atomic E-state index is -1.17. The molecule has 3 rings (SSSR count). The van der Waals surface area contributed by atoms with E-state index in [-0.39, 0.29) is 18.3 Å². The number of hydrogen-bond donors (Lipinski definition) is 4. The van der Waals surface area contributed by atoms with Crippen molar-refractivity contribution in [1.82, 2.24) is 16.1 Å². The number of ether oxygens (including phenoxy) is 5. The first-order valence-electron chi connectivity index (χ1n) is 12.8. The predicted molar refractivity (Wildman–Crippen MR) is 153 cm³/mol. The molecule has 0 saturated heterocycles. The number of nitrogens with zero attached hydrogens (tertiary/aromatic N) is 1. The van der Waals surface area contributed by atoms with E-state index in [1.165, 1.54) is 20.4 Å². The zero-order valence-corrected chi connectivity index (χ0v) is 24.5. The second-order valence-electron chi connectivity index (χ2n) is 9.12. The van der Waals surface area contributed by atoms with Crippen molar-refractivity contribution in [2.45, 2.75) is 46.1 Å². The van der Waals surface area contributed by atoms with Crippen molar-refractivity contribution in [3.05, 3.63) is 57.8 Å². The fraction of sp³-hybridized carbons (Fsp3) is 0.393. The molecule has 2 atom stereocenters. The maximum atomic E-state index is 12.4. The summed E-state index contributed by atoms with van der Waals surface area (Å²) in [7, 11) is 2.78. The van der Waals surface area contributed by atoms with Gasteiger partial charge in [-0.3, -0.25) is 5.43 Å². The molecular formula is C28H35ClN4O8. The van der Waals surface area contributed by atoms with Crippen LogP contribution in [0.25, 0.3) is 0 Å². The number of rotatable bonds is 13. The Bertz CT molecular complexity index is 1310. The van der Waals surface area contributed by atoms with Gasteiger partial charge in [0, 0.05) is 5.70 Å². The third-order valence-electron chi connectivity index (χ3n) is 5.71. The number of carbonyl (C=O) groups is 2. The number of aliphatic hydroxyl groups is 1. The van der Waals surface area contributed by atoms with E-state index in [4.69, 9.17) is 35.3 Å². The number of benzene rings is 2. The monoisotopic (exact) mass is 590 g/mol. The standard InChI is InChI=1S/C28H35ClN4O8/c1-7-39-21-12-18(25-24(27(35)38-6)16(4)31-28(36)32-25)8-9-20(21)40-14-23(34)33-30-13-17-10-19(29)26(41-15(2)3)22(11-17)37-5/h8-13,15,23,25,33-34H,7,14H2,1-6H3,(H2,31,32,36)/b30-13+/t23-,25-/m1/s1. The lowest BCUT2D eigenvalue weighted by Crippen LogP contribution is -2.45. The zero-order valence-electron chi connectivity index (χ0n) is 23.7. The van der Waals surface area contributed by atoms with Crippen LogP contribution in [0.3, 0.4) is 0 Å². The first-order valence-corrected chi connectivity index (χ1v) is 13.2. The first kappa shape index (κ1) is 31.4. The van der Waals surface area contributed by atoms with Gasteiger partial charge in [-0.2, -0.15) is 5.10 Å². The molecule has 0 radical (unpaired) electrons. The molecule has 12 nitrogen and oxygen atoms in total. The normalized spacial score (nSPS) is 15.7. The van der Waals surface area contributed by atoms with E-state index in [1.807, 2.05) is 13.8 Å². The topological polar surface area (TPSA) is 149 Å². The molecule has 0 saturated carbocycles. The van der Waals surface area contributed by atoms with Crippen molar-refractivity contribution in [3.63, 3.8) is 0 Å². The third kappa shape index (κ3) is 8.18.